The standard InChI is InChI=1S/C14H17N3S2/c1-2-9(6-15-10-4-5-10)13-12(3-1)19-14(17-13)11-7-18-8-16-11/h7-10,15H,1-6H2. The average Bonchev–Trinajstić information content (AvgIpc) is 2.94. The predicted molar refractivity (Wildman–Crippen MR) is 79.9 cm³/mol. The Morgan fingerprint density at radius 3 is 3.05 bits per heavy atom. The molecule has 0 saturated heterocycles. The molecule has 2 aliphatic carbocycles. The van der Waals surface area contributed by atoms with E-state index < -0.39 is 0 Å². The van der Waals surface area contributed by atoms with Crippen LogP contribution in [-0.2, 0) is 6.42 Å². The van der Waals surface area contributed by atoms with E-state index in [2.05, 4.69) is 15.7 Å². The molecule has 2 aromatic heterocycles. The summed E-state index contributed by atoms with van der Waals surface area (Å²) in [6, 6.07) is 0.794. The Bertz CT molecular complexity index is 557. The third kappa shape index (κ3) is 2.47. The molecule has 1 saturated carbocycles. The molecule has 1 fully saturated rings. The van der Waals surface area contributed by atoms with Crippen LogP contribution in [0.1, 0.15) is 42.2 Å². The van der Waals surface area contributed by atoms with Gasteiger partial charge in [-0.3, -0.25) is 0 Å². The second-order valence-electron chi connectivity index (χ2n) is 5.47. The van der Waals surface area contributed by atoms with E-state index in [9.17, 15) is 0 Å². The first-order valence-corrected chi connectivity index (χ1v) is 8.77. The Labute approximate surface area is 121 Å². The summed E-state index contributed by atoms with van der Waals surface area (Å²) in [4.78, 5) is 10.8. The lowest BCUT2D eigenvalue weighted by atomic mass is 9.91. The molecular formula is C14H17N3S2. The van der Waals surface area contributed by atoms with Crippen molar-refractivity contribution in [3.63, 3.8) is 0 Å². The molecular weight excluding hydrogens is 274 g/mol. The number of rotatable bonds is 4. The van der Waals surface area contributed by atoms with Crippen molar-refractivity contribution in [2.45, 2.75) is 44.1 Å². The fraction of sp³-hybridized carbons (Fsp3) is 0.571. The minimum atomic E-state index is 0.619. The molecule has 100 valence electrons. The summed E-state index contributed by atoms with van der Waals surface area (Å²) in [6.07, 6.45) is 6.52. The van der Waals surface area contributed by atoms with E-state index in [1.807, 2.05) is 16.8 Å². The molecule has 0 aromatic carbocycles. The van der Waals surface area contributed by atoms with E-state index in [-0.39, 0.29) is 0 Å². The first-order chi connectivity index (χ1) is 9.40. The number of nitrogens with zero attached hydrogens (tertiary/aromatic N) is 2. The monoisotopic (exact) mass is 291 g/mol. The van der Waals surface area contributed by atoms with Crippen molar-refractivity contribution in [1.82, 2.24) is 15.3 Å². The molecule has 0 amide bonds. The fourth-order valence-electron chi connectivity index (χ4n) is 2.73. The van der Waals surface area contributed by atoms with Crippen LogP contribution < -0.4 is 5.32 Å². The van der Waals surface area contributed by atoms with Gasteiger partial charge in [0.2, 0.25) is 0 Å². The molecule has 2 heterocycles. The van der Waals surface area contributed by atoms with Gasteiger partial charge in [0, 0.05) is 28.8 Å². The maximum Gasteiger partial charge on any atom is 0.143 e. The van der Waals surface area contributed by atoms with E-state index >= 15 is 0 Å². The summed E-state index contributed by atoms with van der Waals surface area (Å²) < 4.78 is 0. The van der Waals surface area contributed by atoms with Crippen LogP contribution in [0, 0.1) is 0 Å². The molecule has 2 aliphatic rings. The summed E-state index contributed by atoms with van der Waals surface area (Å²) in [6.45, 7) is 1.11. The first-order valence-electron chi connectivity index (χ1n) is 7.01. The molecule has 19 heavy (non-hydrogen) atoms. The van der Waals surface area contributed by atoms with Crippen molar-refractivity contribution in [2.24, 2.45) is 0 Å². The number of fused-ring (bicyclic) bond motifs is 1. The van der Waals surface area contributed by atoms with Gasteiger partial charge in [0.15, 0.2) is 0 Å². The minimum Gasteiger partial charge on any atom is -0.313 e. The lowest BCUT2D eigenvalue weighted by molar-refractivity contribution is 0.500. The number of hydrogen-bond acceptors (Lipinski definition) is 5. The molecule has 4 rings (SSSR count). The molecule has 1 unspecified atom stereocenters. The van der Waals surface area contributed by atoms with Crippen molar-refractivity contribution in [3.05, 3.63) is 21.5 Å². The number of nitrogens with one attached hydrogen (secondary N) is 1. The van der Waals surface area contributed by atoms with Gasteiger partial charge >= 0.3 is 0 Å². The predicted octanol–water partition coefficient (Wildman–Crippen LogP) is 3.44. The molecule has 2 aromatic rings. The van der Waals surface area contributed by atoms with Gasteiger partial charge in [-0.05, 0) is 32.1 Å². The maximum absolute atomic E-state index is 4.90. The van der Waals surface area contributed by atoms with Crippen LogP contribution in [0.5, 0.6) is 0 Å². The SMILES string of the molecule is c1nc(-c2nc3c(s2)CCCC3CNC2CC2)cs1. The van der Waals surface area contributed by atoms with Gasteiger partial charge in [0.05, 0.1) is 11.2 Å². The highest BCUT2D eigenvalue weighted by atomic mass is 32.1. The Balaban J connectivity index is 1.58. The molecule has 0 bridgehead atoms. The Hall–Kier alpha value is -0.780. The van der Waals surface area contributed by atoms with Gasteiger partial charge in [-0.25, -0.2) is 9.97 Å². The van der Waals surface area contributed by atoms with Crippen molar-refractivity contribution >= 4 is 22.7 Å². The highest BCUT2D eigenvalue weighted by molar-refractivity contribution is 7.15. The van der Waals surface area contributed by atoms with Crippen molar-refractivity contribution in [1.29, 1.82) is 0 Å². The maximum atomic E-state index is 4.90. The summed E-state index contributed by atoms with van der Waals surface area (Å²) in [7, 11) is 0. The zero-order valence-electron chi connectivity index (χ0n) is 10.8. The topological polar surface area (TPSA) is 37.8 Å². The lowest BCUT2D eigenvalue weighted by Crippen LogP contribution is -2.25. The second-order valence-corrected chi connectivity index (χ2v) is 7.28. The van der Waals surface area contributed by atoms with Crippen LogP contribution in [0.15, 0.2) is 10.9 Å². The van der Waals surface area contributed by atoms with Crippen LogP contribution >= 0.6 is 22.7 Å². The highest BCUT2D eigenvalue weighted by Gasteiger charge is 2.28. The van der Waals surface area contributed by atoms with E-state index in [4.69, 9.17) is 4.98 Å². The van der Waals surface area contributed by atoms with Gasteiger partial charge in [-0.2, -0.15) is 0 Å². The van der Waals surface area contributed by atoms with Crippen molar-refractivity contribution in [3.8, 4) is 10.7 Å². The summed E-state index contributed by atoms with van der Waals surface area (Å²) in [5.41, 5.74) is 4.30. The van der Waals surface area contributed by atoms with Crippen LogP contribution in [0.3, 0.4) is 0 Å². The van der Waals surface area contributed by atoms with Gasteiger partial charge in [0.25, 0.3) is 0 Å². The number of aryl methyl sites for hydroxylation is 1. The smallest absolute Gasteiger partial charge is 0.143 e. The Morgan fingerprint density at radius 2 is 2.26 bits per heavy atom. The fourth-order valence-corrected chi connectivity index (χ4v) is 4.50. The van der Waals surface area contributed by atoms with Crippen molar-refractivity contribution in [2.75, 3.05) is 6.54 Å². The molecule has 1 N–H and O–H groups in total. The zero-order chi connectivity index (χ0) is 12.7. The molecule has 1 atom stereocenters. The molecule has 3 nitrogen and oxygen atoms in total. The lowest BCUT2D eigenvalue weighted by Gasteiger charge is -2.21. The quantitative estimate of drug-likeness (QED) is 0.937. The van der Waals surface area contributed by atoms with Gasteiger partial charge in [-0.1, -0.05) is 0 Å². The largest absolute Gasteiger partial charge is 0.313 e. The Kier molecular flexibility index (Phi) is 3.13. The summed E-state index contributed by atoms with van der Waals surface area (Å²) in [5, 5.41) is 6.88. The summed E-state index contributed by atoms with van der Waals surface area (Å²) >= 11 is 3.50. The van der Waals surface area contributed by atoms with E-state index in [1.165, 1.54) is 42.7 Å². The van der Waals surface area contributed by atoms with Crippen LogP contribution in [0.25, 0.3) is 10.7 Å². The minimum absolute atomic E-state index is 0.619. The van der Waals surface area contributed by atoms with Gasteiger partial charge in [0.1, 0.15) is 10.7 Å². The van der Waals surface area contributed by atoms with Crippen LogP contribution in [0.4, 0.5) is 0 Å². The van der Waals surface area contributed by atoms with Gasteiger partial charge < -0.3 is 5.32 Å². The number of aromatic nitrogens is 2. The van der Waals surface area contributed by atoms with E-state index in [0.29, 0.717) is 5.92 Å². The first kappa shape index (κ1) is 12.0. The Morgan fingerprint density at radius 1 is 1.32 bits per heavy atom. The van der Waals surface area contributed by atoms with Gasteiger partial charge in [-0.15, -0.1) is 22.7 Å². The number of hydrogen-bond donors (Lipinski definition) is 1. The second kappa shape index (κ2) is 4.96. The molecule has 0 aliphatic heterocycles. The third-order valence-corrected chi connectivity index (χ3v) is 5.69. The molecule has 0 radical (unpaired) electrons. The van der Waals surface area contributed by atoms with E-state index in [0.717, 1.165) is 23.3 Å². The summed E-state index contributed by atoms with van der Waals surface area (Å²) in [5.74, 6) is 0.619. The van der Waals surface area contributed by atoms with Crippen molar-refractivity contribution < 1.29 is 0 Å². The van der Waals surface area contributed by atoms with E-state index in [1.54, 1.807) is 11.3 Å². The third-order valence-electron chi connectivity index (χ3n) is 3.95. The number of thiazole rings is 2. The molecule has 0 spiro atoms. The highest BCUT2D eigenvalue weighted by Crippen LogP contribution is 2.38. The molecule has 5 heteroatoms. The zero-order valence-corrected chi connectivity index (χ0v) is 12.4. The normalized spacial score (nSPS) is 22.4. The van der Waals surface area contributed by atoms with Crippen LogP contribution in [-0.4, -0.2) is 22.6 Å². The average molecular weight is 291 g/mol. The van der Waals surface area contributed by atoms with Crippen LogP contribution in [0.2, 0.25) is 0 Å².